The fourth-order valence-corrected chi connectivity index (χ4v) is 7.00. The van der Waals surface area contributed by atoms with Crippen LogP contribution in [0.1, 0.15) is 74.7 Å². The van der Waals surface area contributed by atoms with Gasteiger partial charge in [0.25, 0.3) is 15.9 Å². The predicted octanol–water partition coefficient (Wildman–Crippen LogP) is 3.69. The summed E-state index contributed by atoms with van der Waals surface area (Å²) >= 11 is 0. The van der Waals surface area contributed by atoms with Crippen LogP contribution < -0.4 is 9.46 Å². The summed E-state index contributed by atoms with van der Waals surface area (Å²) in [6, 6.07) is 4.03. The minimum atomic E-state index is -4.08. The van der Waals surface area contributed by atoms with Crippen molar-refractivity contribution in [3.8, 4) is 5.75 Å². The minimum absolute atomic E-state index is 0.0326. The molecule has 0 saturated carbocycles. The van der Waals surface area contributed by atoms with Gasteiger partial charge in [-0.15, -0.1) is 0 Å². The number of amides is 2. The molecule has 2 amide bonds. The van der Waals surface area contributed by atoms with E-state index in [9.17, 15) is 23.1 Å². The zero-order valence-corrected chi connectivity index (χ0v) is 29.9. The zero-order valence-electron chi connectivity index (χ0n) is 29.1. The Kier molecular flexibility index (Phi) is 14.1. The molecule has 1 aliphatic heterocycles. The van der Waals surface area contributed by atoms with Crippen molar-refractivity contribution in [1.82, 2.24) is 19.9 Å². The van der Waals surface area contributed by atoms with E-state index in [-0.39, 0.29) is 64.8 Å². The SMILES string of the molecule is Cc1noc(C)c1S(=O)(=O)Nc1ccc2c(c1)C(=O)N([C@H](C)CO)C[C@@H](C)[C@@H](CN(C)C(=O)CCCN(C)C)OCCCC[C@H](C)O2. The van der Waals surface area contributed by atoms with Crippen molar-refractivity contribution in [2.75, 3.05) is 58.7 Å². The van der Waals surface area contributed by atoms with E-state index in [1.165, 1.54) is 13.0 Å². The molecule has 4 atom stereocenters. The average molecular weight is 680 g/mol. The lowest BCUT2D eigenvalue weighted by molar-refractivity contribution is -0.132. The van der Waals surface area contributed by atoms with Gasteiger partial charge in [-0.1, -0.05) is 12.1 Å². The fraction of sp³-hybridized carbons (Fsp3) is 0.667. The normalized spacial score (nSPS) is 20.7. The minimum Gasteiger partial charge on any atom is -0.490 e. The van der Waals surface area contributed by atoms with Crippen molar-refractivity contribution in [3.05, 3.63) is 35.2 Å². The standard InChI is InChI=1S/C33H53N5O8S/c1-22-19-38(23(2)21-39)33(41)28-18-27(35-47(42,43)32-25(4)34-46-26(32)5)14-15-29(28)45-24(3)12-9-10-17-44-30(22)20-37(8)31(40)13-11-16-36(6)7/h14-15,18,22-24,30,35,39H,9-13,16-17,19-21H2,1-8H3/t22-,23-,24+,30-/m1/s1. The van der Waals surface area contributed by atoms with Crippen LogP contribution in [0.5, 0.6) is 5.75 Å². The number of aromatic nitrogens is 1. The lowest BCUT2D eigenvalue weighted by atomic mass is 10.0. The molecule has 3 rings (SSSR count). The number of carbonyl (C=O) groups excluding carboxylic acids is 2. The Morgan fingerprint density at radius 1 is 1.19 bits per heavy atom. The summed E-state index contributed by atoms with van der Waals surface area (Å²) in [5, 5.41) is 14.0. The van der Waals surface area contributed by atoms with Crippen LogP contribution in [-0.4, -0.2) is 117 Å². The van der Waals surface area contributed by atoms with Crippen molar-refractivity contribution >= 4 is 27.5 Å². The summed E-state index contributed by atoms with van der Waals surface area (Å²) < 4.78 is 46.8. The molecular weight excluding hydrogens is 626 g/mol. The second-order valence-corrected chi connectivity index (χ2v) is 14.6. The van der Waals surface area contributed by atoms with Crippen molar-refractivity contribution in [3.63, 3.8) is 0 Å². The van der Waals surface area contributed by atoms with Crippen LogP contribution in [0.3, 0.4) is 0 Å². The van der Waals surface area contributed by atoms with Gasteiger partial charge in [0.05, 0.1) is 30.4 Å². The second-order valence-electron chi connectivity index (χ2n) is 13.0. The summed E-state index contributed by atoms with van der Waals surface area (Å²) in [4.78, 5) is 32.5. The van der Waals surface area contributed by atoms with Crippen LogP contribution in [0.2, 0.25) is 0 Å². The number of nitrogens with zero attached hydrogens (tertiary/aromatic N) is 4. The van der Waals surface area contributed by atoms with Crippen molar-refractivity contribution in [2.24, 2.45) is 5.92 Å². The molecule has 1 aromatic carbocycles. The first-order valence-corrected chi connectivity index (χ1v) is 17.8. The molecule has 13 nitrogen and oxygen atoms in total. The molecule has 2 heterocycles. The molecule has 47 heavy (non-hydrogen) atoms. The number of benzene rings is 1. The highest BCUT2D eigenvalue weighted by atomic mass is 32.2. The molecule has 0 fully saturated rings. The molecule has 0 bridgehead atoms. The monoisotopic (exact) mass is 679 g/mol. The highest BCUT2D eigenvalue weighted by Gasteiger charge is 2.32. The van der Waals surface area contributed by atoms with Gasteiger partial charge in [0.15, 0.2) is 10.7 Å². The summed E-state index contributed by atoms with van der Waals surface area (Å²) in [5.41, 5.74) is 0.539. The van der Waals surface area contributed by atoms with Crippen molar-refractivity contribution in [2.45, 2.75) is 89.9 Å². The Morgan fingerprint density at radius 2 is 1.91 bits per heavy atom. The van der Waals surface area contributed by atoms with E-state index in [1.807, 2.05) is 32.8 Å². The maximum absolute atomic E-state index is 14.3. The van der Waals surface area contributed by atoms with Gasteiger partial charge in [-0.25, -0.2) is 8.42 Å². The van der Waals surface area contributed by atoms with Gasteiger partial charge in [-0.2, -0.15) is 0 Å². The number of aryl methyl sites for hydroxylation is 2. The number of aliphatic hydroxyl groups excluding tert-OH is 1. The van der Waals surface area contributed by atoms with E-state index < -0.39 is 22.0 Å². The van der Waals surface area contributed by atoms with Gasteiger partial charge in [0.1, 0.15) is 11.4 Å². The quantitative estimate of drug-likeness (QED) is 0.359. The van der Waals surface area contributed by atoms with E-state index in [4.69, 9.17) is 14.0 Å². The first-order chi connectivity index (χ1) is 22.1. The molecule has 2 N–H and O–H groups in total. The number of likely N-dealkylation sites (N-methyl/N-ethyl adjacent to an activating group) is 1. The number of nitrogens with one attached hydrogen (secondary N) is 1. The number of hydrogen-bond acceptors (Lipinski definition) is 10. The molecule has 2 aromatic rings. The highest BCUT2D eigenvalue weighted by molar-refractivity contribution is 7.92. The lowest BCUT2D eigenvalue weighted by Crippen LogP contribution is -2.48. The molecule has 14 heteroatoms. The maximum Gasteiger partial charge on any atom is 0.267 e. The van der Waals surface area contributed by atoms with Crippen LogP contribution in [0, 0.1) is 19.8 Å². The Bertz CT molecular complexity index is 1430. The second kappa shape index (κ2) is 17.3. The van der Waals surface area contributed by atoms with Crippen LogP contribution in [-0.2, 0) is 19.6 Å². The third-order valence-corrected chi connectivity index (χ3v) is 10.0. The third kappa shape index (κ3) is 10.6. The number of anilines is 1. The van der Waals surface area contributed by atoms with Crippen molar-refractivity contribution < 1.29 is 37.1 Å². The Hall–Kier alpha value is -3.20. The molecule has 0 unspecified atom stereocenters. The molecular formula is C33H53N5O8S. The maximum atomic E-state index is 14.3. The topological polar surface area (TPSA) is 155 Å². The Morgan fingerprint density at radius 3 is 2.55 bits per heavy atom. The first kappa shape index (κ1) is 38.2. The van der Waals surface area contributed by atoms with Crippen molar-refractivity contribution in [1.29, 1.82) is 0 Å². The third-order valence-electron chi connectivity index (χ3n) is 8.42. The number of rotatable bonds is 11. The molecule has 264 valence electrons. The number of ether oxygens (including phenoxy) is 2. The van der Waals surface area contributed by atoms with Gasteiger partial charge in [-0.3, -0.25) is 14.3 Å². The largest absolute Gasteiger partial charge is 0.490 e. The summed E-state index contributed by atoms with van der Waals surface area (Å²) in [6.07, 6.45) is 2.92. The summed E-state index contributed by atoms with van der Waals surface area (Å²) in [7, 11) is 1.65. The van der Waals surface area contributed by atoms with Crippen LogP contribution in [0.25, 0.3) is 0 Å². The van der Waals surface area contributed by atoms with Gasteiger partial charge in [0.2, 0.25) is 5.91 Å². The summed E-state index contributed by atoms with van der Waals surface area (Å²) in [5.74, 6) is -0.139. The number of sulfonamides is 1. The van der Waals surface area contributed by atoms with E-state index >= 15 is 0 Å². The van der Waals surface area contributed by atoms with E-state index in [1.54, 1.807) is 42.8 Å². The Labute approximate surface area is 279 Å². The molecule has 1 aliphatic rings. The molecule has 1 aromatic heterocycles. The highest BCUT2D eigenvalue weighted by Crippen LogP contribution is 2.30. The molecule has 0 saturated heterocycles. The van der Waals surface area contributed by atoms with Gasteiger partial charge < -0.3 is 33.8 Å². The van der Waals surface area contributed by atoms with Gasteiger partial charge in [0, 0.05) is 44.8 Å². The van der Waals surface area contributed by atoms with Crippen LogP contribution in [0.4, 0.5) is 5.69 Å². The number of hydrogen-bond donors (Lipinski definition) is 2. The molecule has 0 radical (unpaired) electrons. The zero-order chi connectivity index (χ0) is 34.9. The van der Waals surface area contributed by atoms with E-state index in [2.05, 4.69) is 9.88 Å². The molecule has 0 aliphatic carbocycles. The number of fused-ring (bicyclic) bond motifs is 1. The van der Waals surface area contributed by atoms with Crippen LogP contribution >= 0.6 is 0 Å². The lowest BCUT2D eigenvalue weighted by Gasteiger charge is -2.36. The van der Waals surface area contributed by atoms with E-state index in [0.29, 0.717) is 31.7 Å². The fourth-order valence-electron chi connectivity index (χ4n) is 5.62. The van der Waals surface area contributed by atoms with Gasteiger partial charge >= 0.3 is 0 Å². The molecule has 0 spiro atoms. The number of carbonyl (C=O) groups is 2. The number of aliphatic hydroxyl groups is 1. The average Bonchev–Trinajstić information content (AvgIpc) is 3.36. The first-order valence-electron chi connectivity index (χ1n) is 16.3. The Balaban J connectivity index is 1.95. The summed E-state index contributed by atoms with van der Waals surface area (Å²) in [6.45, 7) is 10.3. The van der Waals surface area contributed by atoms with E-state index in [0.717, 1.165) is 25.8 Å². The van der Waals surface area contributed by atoms with Crippen LogP contribution in [0.15, 0.2) is 27.6 Å². The van der Waals surface area contributed by atoms with Gasteiger partial charge in [-0.05, 0) is 92.2 Å². The smallest absolute Gasteiger partial charge is 0.267 e. The predicted molar refractivity (Wildman–Crippen MR) is 179 cm³/mol.